The number of thiophene rings is 1. The van der Waals surface area contributed by atoms with Gasteiger partial charge in [0, 0.05) is 36.3 Å². The van der Waals surface area contributed by atoms with E-state index in [0.29, 0.717) is 0 Å². The predicted octanol–water partition coefficient (Wildman–Crippen LogP) is 5.10. The second-order valence-electron chi connectivity index (χ2n) is 7.23. The highest BCUT2D eigenvalue weighted by molar-refractivity contribution is 7.13. The van der Waals surface area contributed by atoms with E-state index in [2.05, 4.69) is 75.9 Å². The van der Waals surface area contributed by atoms with Crippen LogP contribution in [0, 0.1) is 20.8 Å². The van der Waals surface area contributed by atoms with Crippen LogP contribution in [0.25, 0.3) is 10.6 Å². The molecule has 3 heterocycles. The first-order valence-electron chi connectivity index (χ1n) is 9.80. The molecule has 6 heteroatoms. The molecule has 4 rings (SSSR count). The molecule has 0 radical (unpaired) electrons. The van der Waals surface area contributed by atoms with Gasteiger partial charge in [-0.05, 0) is 37.8 Å². The van der Waals surface area contributed by atoms with E-state index in [1.165, 1.54) is 16.0 Å². The summed E-state index contributed by atoms with van der Waals surface area (Å²) in [4.78, 5) is 18.3. The van der Waals surface area contributed by atoms with E-state index < -0.39 is 0 Å². The van der Waals surface area contributed by atoms with Gasteiger partial charge < -0.3 is 10.3 Å². The molecule has 3 aromatic heterocycles. The number of nitrogens with zero attached hydrogens (tertiary/aromatic N) is 3. The van der Waals surface area contributed by atoms with Crippen LogP contribution in [0.2, 0.25) is 0 Å². The minimum atomic E-state index is 0.775. The molecule has 0 bridgehead atoms. The molecule has 0 aliphatic carbocycles. The normalized spacial score (nSPS) is 11.0. The number of H-pyrrole nitrogens is 1. The molecular weight excluding hydrogens is 378 g/mol. The van der Waals surface area contributed by atoms with Crippen molar-refractivity contribution in [1.82, 2.24) is 19.9 Å². The van der Waals surface area contributed by atoms with E-state index in [4.69, 9.17) is 4.98 Å². The van der Waals surface area contributed by atoms with Crippen LogP contribution in [-0.4, -0.2) is 26.5 Å². The van der Waals surface area contributed by atoms with E-state index in [9.17, 15) is 0 Å². The third-order valence-electron chi connectivity index (χ3n) is 4.97. The van der Waals surface area contributed by atoms with Crippen molar-refractivity contribution in [3.8, 4) is 10.6 Å². The average molecular weight is 404 g/mol. The predicted molar refractivity (Wildman–Crippen MR) is 120 cm³/mol. The van der Waals surface area contributed by atoms with Crippen molar-refractivity contribution in [2.45, 2.75) is 33.6 Å². The zero-order valence-corrected chi connectivity index (χ0v) is 17.8. The van der Waals surface area contributed by atoms with Crippen molar-refractivity contribution in [3.63, 3.8) is 0 Å². The Balaban J connectivity index is 1.50. The lowest BCUT2D eigenvalue weighted by Crippen LogP contribution is -2.12. The zero-order chi connectivity index (χ0) is 20.2. The minimum absolute atomic E-state index is 0.775. The van der Waals surface area contributed by atoms with Crippen LogP contribution in [0.5, 0.6) is 0 Å². The fourth-order valence-electron chi connectivity index (χ4n) is 3.45. The van der Waals surface area contributed by atoms with E-state index in [1.54, 1.807) is 17.7 Å². The summed E-state index contributed by atoms with van der Waals surface area (Å²) in [6, 6.07) is 12.8. The summed E-state index contributed by atoms with van der Waals surface area (Å²) in [6.07, 6.45) is 3.44. The number of imidazole rings is 1. The van der Waals surface area contributed by atoms with Gasteiger partial charge in [0.15, 0.2) is 0 Å². The monoisotopic (exact) mass is 403 g/mol. The molecule has 2 N–H and O–H groups in total. The smallest absolute Gasteiger partial charge is 0.133 e. The zero-order valence-electron chi connectivity index (χ0n) is 17.0. The Labute approximate surface area is 175 Å². The Morgan fingerprint density at radius 1 is 1.03 bits per heavy atom. The maximum atomic E-state index is 4.69. The van der Waals surface area contributed by atoms with Crippen molar-refractivity contribution < 1.29 is 0 Å². The van der Waals surface area contributed by atoms with Crippen LogP contribution in [0.15, 0.2) is 48.1 Å². The maximum Gasteiger partial charge on any atom is 0.133 e. The molecule has 0 saturated carbocycles. The van der Waals surface area contributed by atoms with Crippen LogP contribution in [0.1, 0.15) is 33.9 Å². The number of hydrogen-bond acceptors (Lipinski definition) is 5. The molecule has 4 aromatic rings. The molecule has 0 aliphatic rings. The minimum Gasteiger partial charge on any atom is -0.369 e. The summed E-state index contributed by atoms with van der Waals surface area (Å²) in [7, 11) is 0. The number of aromatic amines is 1. The van der Waals surface area contributed by atoms with E-state index in [-0.39, 0.29) is 0 Å². The summed E-state index contributed by atoms with van der Waals surface area (Å²) in [5.41, 5.74) is 6.90. The molecule has 0 unspecified atom stereocenters. The van der Waals surface area contributed by atoms with Crippen molar-refractivity contribution >= 4 is 17.2 Å². The molecule has 0 atom stereocenters. The standard InChI is InChI=1S/C23H25N5S/c1-15-6-8-18(9-7-15)13-19-16(2)27-17(3)28-23(19)24-11-10-20-22(26-14-25-20)21-5-4-12-29-21/h4-9,12,14H,10-11,13H2,1-3H3,(H,25,26)(H,24,27,28). The van der Waals surface area contributed by atoms with Gasteiger partial charge in [-0.2, -0.15) is 0 Å². The van der Waals surface area contributed by atoms with Crippen LogP contribution in [-0.2, 0) is 12.8 Å². The Kier molecular flexibility index (Phi) is 5.71. The highest BCUT2D eigenvalue weighted by Crippen LogP contribution is 2.26. The Morgan fingerprint density at radius 2 is 1.86 bits per heavy atom. The van der Waals surface area contributed by atoms with Gasteiger partial charge in [0.05, 0.1) is 11.2 Å². The first-order valence-corrected chi connectivity index (χ1v) is 10.7. The number of aromatic nitrogens is 4. The van der Waals surface area contributed by atoms with Crippen LogP contribution in [0.4, 0.5) is 5.82 Å². The molecule has 0 saturated heterocycles. The van der Waals surface area contributed by atoms with E-state index >= 15 is 0 Å². The summed E-state index contributed by atoms with van der Waals surface area (Å²) in [5, 5.41) is 5.62. The number of benzene rings is 1. The van der Waals surface area contributed by atoms with Gasteiger partial charge in [-0.1, -0.05) is 35.9 Å². The molecule has 1 aromatic carbocycles. The van der Waals surface area contributed by atoms with Crippen molar-refractivity contribution in [2.75, 3.05) is 11.9 Å². The third kappa shape index (κ3) is 4.54. The largest absolute Gasteiger partial charge is 0.369 e. The van der Waals surface area contributed by atoms with Gasteiger partial charge in [0.2, 0.25) is 0 Å². The Bertz CT molecular complexity index is 1080. The van der Waals surface area contributed by atoms with Gasteiger partial charge in [-0.3, -0.25) is 0 Å². The molecule has 0 spiro atoms. The summed E-state index contributed by atoms with van der Waals surface area (Å²) >= 11 is 1.71. The molecule has 0 aliphatic heterocycles. The molecule has 5 nitrogen and oxygen atoms in total. The molecular formula is C23H25N5S. The molecule has 0 amide bonds. The van der Waals surface area contributed by atoms with Gasteiger partial charge in [0.25, 0.3) is 0 Å². The number of hydrogen-bond donors (Lipinski definition) is 2. The summed E-state index contributed by atoms with van der Waals surface area (Å²) < 4.78 is 0. The maximum absolute atomic E-state index is 4.69. The molecule has 148 valence electrons. The van der Waals surface area contributed by atoms with Gasteiger partial charge in [-0.25, -0.2) is 15.0 Å². The van der Waals surface area contributed by atoms with Gasteiger partial charge >= 0.3 is 0 Å². The van der Waals surface area contributed by atoms with Crippen LogP contribution >= 0.6 is 11.3 Å². The Morgan fingerprint density at radius 3 is 2.62 bits per heavy atom. The SMILES string of the molecule is Cc1ccc(Cc2c(C)nc(C)nc2NCCc2[nH]cnc2-c2cccs2)cc1. The van der Waals surface area contributed by atoms with E-state index in [0.717, 1.165) is 53.7 Å². The fourth-order valence-corrected chi connectivity index (χ4v) is 4.20. The first kappa shape index (κ1) is 19.3. The van der Waals surface area contributed by atoms with E-state index in [1.807, 2.05) is 6.92 Å². The van der Waals surface area contributed by atoms with Crippen LogP contribution < -0.4 is 5.32 Å². The fraction of sp³-hybridized carbons (Fsp3) is 0.261. The second kappa shape index (κ2) is 8.57. The second-order valence-corrected chi connectivity index (χ2v) is 8.18. The lowest BCUT2D eigenvalue weighted by molar-refractivity contribution is 0.922. The van der Waals surface area contributed by atoms with Crippen molar-refractivity contribution in [3.05, 3.63) is 82.0 Å². The number of nitrogens with one attached hydrogen (secondary N) is 2. The number of anilines is 1. The van der Waals surface area contributed by atoms with Crippen molar-refractivity contribution in [2.24, 2.45) is 0 Å². The lowest BCUT2D eigenvalue weighted by Gasteiger charge is -2.14. The highest BCUT2D eigenvalue weighted by Gasteiger charge is 2.13. The molecule has 0 fully saturated rings. The molecule has 29 heavy (non-hydrogen) atoms. The number of rotatable bonds is 7. The quantitative estimate of drug-likeness (QED) is 0.451. The van der Waals surface area contributed by atoms with Gasteiger partial charge in [0.1, 0.15) is 17.3 Å². The summed E-state index contributed by atoms with van der Waals surface area (Å²) in [6.45, 7) is 6.89. The first-order chi connectivity index (χ1) is 14.1. The number of aryl methyl sites for hydroxylation is 3. The summed E-state index contributed by atoms with van der Waals surface area (Å²) in [5.74, 6) is 1.71. The Hall–Kier alpha value is -2.99. The highest BCUT2D eigenvalue weighted by atomic mass is 32.1. The third-order valence-corrected chi connectivity index (χ3v) is 5.84. The van der Waals surface area contributed by atoms with Gasteiger partial charge in [-0.15, -0.1) is 11.3 Å². The van der Waals surface area contributed by atoms with Crippen molar-refractivity contribution in [1.29, 1.82) is 0 Å². The topological polar surface area (TPSA) is 66.5 Å². The average Bonchev–Trinajstić information content (AvgIpc) is 3.37. The lowest BCUT2D eigenvalue weighted by atomic mass is 10.0. The van der Waals surface area contributed by atoms with Crippen LogP contribution in [0.3, 0.4) is 0 Å².